The van der Waals surface area contributed by atoms with E-state index in [-0.39, 0.29) is 12.5 Å². The van der Waals surface area contributed by atoms with E-state index >= 15 is 0 Å². The molecular weight excluding hydrogens is 404 g/mol. The number of aromatic nitrogens is 1. The molecule has 2 aromatic heterocycles. The zero-order valence-corrected chi connectivity index (χ0v) is 18.7. The third-order valence-electron chi connectivity index (χ3n) is 6.05. The van der Waals surface area contributed by atoms with Gasteiger partial charge in [0, 0.05) is 18.3 Å². The number of hydrogen-bond donors (Lipinski definition) is 1. The molecule has 0 radical (unpaired) electrons. The summed E-state index contributed by atoms with van der Waals surface area (Å²) < 4.78 is 12.7. The van der Waals surface area contributed by atoms with Gasteiger partial charge in [-0.05, 0) is 62.1 Å². The molecule has 1 aliphatic carbocycles. The lowest BCUT2D eigenvalue weighted by Gasteiger charge is -2.22. The maximum Gasteiger partial charge on any atom is 0.239 e. The minimum atomic E-state index is -0.125. The number of hydrogen-bond acceptors (Lipinski definition) is 5. The lowest BCUT2D eigenvalue weighted by Crippen LogP contribution is -2.35. The van der Waals surface area contributed by atoms with Crippen LogP contribution in [0.3, 0.4) is 0 Å². The van der Waals surface area contributed by atoms with E-state index in [2.05, 4.69) is 16.3 Å². The zero-order valence-electron chi connectivity index (χ0n) is 18.7. The molecule has 1 aliphatic rings. The summed E-state index contributed by atoms with van der Waals surface area (Å²) in [5.74, 6) is 1.99. The average molecular weight is 433 g/mol. The van der Waals surface area contributed by atoms with Gasteiger partial charge in [-0.1, -0.05) is 12.1 Å². The van der Waals surface area contributed by atoms with Crippen LogP contribution in [0.15, 0.2) is 47.1 Å². The number of ether oxygens (including phenoxy) is 1. The maximum atomic E-state index is 13.1. The lowest BCUT2D eigenvalue weighted by atomic mass is 10.2. The number of amides is 1. The van der Waals surface area contributed by atoms with Gasteiger partial charge in [-0.2, -0.15) is 5.26 Å². The number of nitrogens with one attached hydrogen (secondary N) is 1. The maximum absolute atomic E-state index is 13.1. The first-order chi connectivity index (χ1) is 15.5. The van der Waals surface area contributed by atoms with E-state index in [1.165, 1.54) is 0 Å². The normalized spacial score (nSPS) is 13.2. The van der Waals surface area contributed by atoms with E-state index in [4.69, 9.17) is 9.15 Å². The fourth-order valence-electron chi connectivity index (χ4n) is 3.96. The van der Waals surface area contributed by atoms with E-state index in [9.17, 15) is 10.1 Å². The van der Waals surface area contributed by atoms with Crippen LogP contribution in [-0.4, -0.2) is 35.1 Å². The molecular formula is C25H28N4O3. The van der Waals surface area contributed by atoms with Crippen molar-refractivity contribution in [1.29, 1.82) is 5.26 Å². The number of furan rings is 1. The number of nitrogens with zero attached hydrogens (tertiary/aromatic N) is 3. The van der Waals surface area contributed by atoms with Crippen LogP contribution in [0.2, 0.25) is 0 Å². The molecule has 0 atom stereocenters. The molecule has 7 nitrogen and oxygen atoms in total. The van der Waals surface area contributed by atoms with Crippen molar-refractivity contribution in [3.63, 3.8) is 0 Å². The highest BCUT2D eigenvalue weighted by atomic mass is 16.5. The summed E-state index contributed by atoms with van der Waals surface area (Å²) in [7, 11) is 1.65. The standard InChI is InChI=1S/C25H28N4O3/c1-17-18(2)29(15-22-5-4-12-32-22)25(23(17)13-26)27-24(30)16-28(20-8-9-20)14-19-6-10-21(31-3)11-7-19/h4-7,10-12,20H,8-9,14-16H2,1-3H3,(H,27,30). The number of benzene rings is 1. The molecule has 0 aliphatic heterocycles. The van der Waals surface area contributed by atoms with E-state index in [1.807, 2.05) is 54.8 Å². The Bertz CT molecular complexity index is 1120. The Balaban J connectivity index is 1.51. The molecule has 0 saturated heterocycles. The second-order valence-corrected chi connectivity index (χ2v) is 8.24. The molecule has 1 saturated carbocycles. The van der Waals surface area contributed by atoms with Gasteiger partial charge in [-0.15, -0.1) is 0 Å². The first-order valence-electron chi connectivity index (χ1n) is 10.8. The van der Waals surface area contributed by atoms with Crippen LogP contribution >= 0.6 is 0 Å². The number of anilines is 1. The summed E-state index contributed by atoms with van der Waals surface area (Å²) in [6.07, 6.45) is 3.82. The van der Waals surface area contributed by atoms with Gasteiger partial charge in [0.15, 0.2) is 0 Å². The summed E-state index contributed by atoms with van der Waals surface area (Å²) in [6, 6.07) is 14.3. The highest BCUT2D eigenvalue weighted by Crippen LogP contribution is 2.30. The number of rotatable bonds is 9. The van der Waals surface area contributed by atoms with Gasteiger partial charge in [0.05, 0.1) is 32.0 Å². The number of carbonyl (C=O) groups excluding carboxylic acids is 1. The van der Waals surface area contributed by atoms with Gasteiger partial charge >= 0.3 is 0 Å². The van der Waals surface area contributed by atoms with Crippen LogP contribution in [0.25, 0.3) is 0 Å². The van der Waals surface area contributed by atoms with Crippen LogP contribution in [0, 0.1) is 25.2 Å². The molecule has 0 bridgehead atoms. The highest BCUT2D eigenvalue weighted by molar-refractivity contribution is 5.93. The van der Waals surface area contributed by atoms with Gasteiger partial charge < -0.3 is 19.0 Å². The van der Waals surface area contributed by atoms with E-state index in [1.54, 1.807) is 13.4 Å². The van der Waals surface area contributed by atoms with Crippen molar-refractivity contribution in [2.24, 2.45) is 0 Å². The first-order valence-corrected chi connectivity index (χ1v) is 10.8. The van der Waals surface area contributed by atoms with Crippen LogP contribution in [0.1, 0.15) is 41.0 Å². The Hall–Kier alpha value is -3.50. The second kappa shape index (κ2) is 9.33. The van der Waals surface area contributed by atoms with Crippen molar-refractivity contribution in [3.05, 3.63) is 70.8 Å². The Labute approximate surface area is 188 Å². The van der Waals surface area contributed by atoms with E-state index in [0.717, 1.165) is 41.2 Å². The largest absolute Gasteiger partial charge is 0.497 e. The van der Waals surface area contributed by atoms with Crippen LogP contribution < -0.4 is 10.1 Å². The monoisotopic (exact) mass is 432 g/mol. The van der Waals surface area contributed by atoms with Crippen molar-refractivity contribution in [3.8, 4) is 11.8 Å². The number of methoxy groups -OCH3 is 1. The van der Waals surface area contributed by atoms with Crippen LogP contribution in [-0.2, 0) is 17.9 Å². The van der Waals surface area contributed by atoms with Gasteiger partial charge in [-0.3, -0.25) is 9.69 Å². The molecule has 1 N–H and O–H groups in total. The van der Waals surface area contributed by atoms with Crippen LogP contribution in [0.4, 0.5) is 5.82 Å². The van der Waals surface area contributed by atoms with Crippen molar-refractivity contribution in [1.82, 2.24) is 9.47 Å². The Morgan fingerprint density at radius 3 is 2.62 bits per heavy atom. The highest BCUT2D eigenvalue weighted by Gasteiger charge is 2.31. The number of carbonyl (C=O) groups is 1. The molecule has 3 aromatic rings. The summed E-state index contributed by atoms with van der Waals surface area (Å²) in [5, 5.41) is 12.8. The van der Waals surface area contributed by atoms with Gasteiger partial charge in [0.1, 0.15) is 23.4 Å². The smallest absolute Gasteiger partial charge is 0.239 e. The van der Waals surface area contributed by atoms with E-state index < -0.39 is 0 Å². The average Bonchev–Trinajstić information content (AvgIpc) is 3.47. The van der Waals surface area contributed by atoms with Crippen molar-refractivity contribution < 1.29 is 13.9 Å². The molecule has 7 heteroatoms. The third-order valence-corrected chi connectivity index (χ3v) is 6.05. The molecule has 2 heterocycles. The lowest BCUT2D eigenvalue weighted by molar-refractivity contribution is -0.117. The number of nitriles is 1. The Morgan fingerprint density at radius 2 is 2.03 bits per heavy atom. The topological polar surface area (TPSA) is 83.4 Å². The molecule has 4 rings (SSSR count). The fraction of sp³-hybridized carbons (Fsp3) is 0.360. The van der Waals surface area contributed by atoms with Gasteiger partial charge in [0.2, 0.25) is 5.91 Å². The minimum Gasteiger partial charge on any atom is -0.497 e. The van der Waals surface area contributed by atoms with Gasteiger partial charge in [-0.25, -0.2) is 0 Å². The first kappa shape index (κ1) is 21.7. The molecule has 1 amide bonds. The van der Waals surface area contributed by atoms with Crippen molar-refractivity contribution in [2.75, 3.05) is 19.0 Å². The predicted molar refractivity (Wildman–Crippen MR) is 121 cm³/mol. The zero-order chi connectivity index (χ0) is 22.7. The second-order valence-electron chi connectivity index (χ2n) is 8.24. The molecule has 166 valence electrons. The summed E-state index contributed by atoms with van der Waals surface area (Å²) in [5.41, 5.74) is 3.43. The molecule has 1 aromatic carbocycles. The quantitative estimate of drug-likeness (QED) is 0.547. The Morgan fingerprint density at radius 1 is 1.28 bits per heavy atom. The molecule has 0 unspecified atom stereocenters. The molecule has 1 fully saturated rings. The van der Waals surface area contributed by atoms with E-state index in [0.29, 0.717) is 30.5 Å². The summed E-state index contributed by atoms with van der Waals surface area (Å²) >= 11 is 0. The Kier molecular flexibility index (Phi) is 6.33. The van der Waals surface area contributed by atoms with Crippen LogP contribution in [0.5, 0.6) is 5.75 Å². The summed E-state index contributed by atoms with van der Waals surface area (Å²) in [4.78, 5) is 15.3. The summed E-state index contributed by atoms with van der Waals surface area (Å²) in [6.45, 7) is 5.27. The van der Waals surface area contributed by atoms with Crippen molar-refractivity contribution in [2.45, 2.75) is 45.8 Å². The molecule has 32 heavy (non-hydrogen) atoms. The third kappa shape index (κ3) is 4.71. The molecule has 0 spiro atoms. The SMILES string of the molecule is COc1ccc(CN(CC(=O)Nc2c(C#N)c(C)c(C)n2Cc2ccco2)C2CC2)cc1. The van der Waals surface area contributed by atoms with Crippen molar-refractivity contribution >= 4 is 11.7 Å². The predicted octanol–water partition coefficient (Wildman–Crippen LogP) is 4.23. The van der Waals surface area contributed by atoms with Gasteiger partial charge in [0.25, 0.3) is 0 Å². The fourth-order valence-corrected chi connectivity index (χ4v) is 3.96. The minimum absolute atomic E-state index is 0.125.